The Bertz CT molecular complexity index is 334. The van der Waals surface area contributed by atoms with Gasteiger partial charge in [-0.05, 0) is 38.4 Å². The highest BCUT2D eigenvalue weighted by Gasteiger charge is 2.24. The molecule has 0 heterocycles. The van der Waals surface area contributed by atoms with Gasteiger partial charge >= 0.3 is 0 Å². The predicted molar refractivity (Wildman–Crippen MR) is 77.6 cm³/mol. The first kappa shape index (κ1) is 13.6. The maximum absolute atomic E-state index is 3.61. The van der Waals surface area contributed by atoms with Gasteiger partial charge in [0.1, 0.15) is 0 Å². The minimum Gasteiger partial charge on any atom is -0.314 e. The van der Waals surface area contributed by atoms with Gasteiger partial charge in [-0.1, -0.05) is 43.7 Å². The molecule has 2 nitrogen and oxygen atoms in total. The molecule has 1 aliphatic rings. The number of hydrogen-bond donors (Lipinski definition) is 1. The van der Waals surface area contributed by atoms with E-state index in [1.165, 1.54) is 31.2 Å². The minimum atomic E-state index is 0.729. The first-order chi connectivity index (χ1) is 8.79. The van der Waals surface area contributed by atoms with E-state index in [0.29, 0.717) is 0 Å². The first-order valence-electron chi connectivity index (χ1n) is 7.27. The van der Waals surface area contributed by atoms with Gasteiger partial charge in [0.2, 0.25) is 0 Å². The van der Waals surface area contributed by atoms with Gasteiger partial charge in [-0.2, -0.15) is 0 Å². The second kappa shape index (κ2) is 6.91. The topological polar surface area (TPSA) is 15.3 Å². The number of hydrogen-bond acceptors (Lipinski definition) is 2. The number of rotatable bonds is 5. The summed E-state index contributed by atoms with van der Waals surface area (Å²) in [4.78, 5) is 2.53. The molecule has 0 bridgehead atoms. The van der Waals surface area contributed by atoms with Crippen molar-refractivity contribution >= 4 is 0 Å². The fourth-order valence-corrected chi connectivity index (χ4v) is 3.04. The monoisotopic (exact) mass is 246 g/mol. The van der Waals surface area contributed by atoms with Crippen LogP contribution in [0.5, 0.6) is 0 Å². The van der Waals surface area contributed by atoms with Crippen LogP contribution in [0.2, 0.25) is 0 Å². The lowest BCUT2D eigenvalue weighted by atomic mass is 9.90. The molecule has 1 aromatic rings. The van der Waals surface area contributed by atoms with Gasteiger partial charge in [0, 0.05) is 18.6 Å². The largest absolute Gasteiger partial charge is 0.314 e. The van der Waals surface area contributed by atoms with Crippen LogP contribution in [0.4, 0.5) is 0 Å². The summed E-state index contributed by atoms with van der Waals surface area (Å²) in [7, 11) is 2.27. The Morgan fingerprint density at radius 1 is 1.22 bits per heavy atom. The standard InChI is InChI=1S/C16H26N2/c1-3-17-15-10-7-11-16(12-15)18(2)13-14-8-5-4-6-9-14/h4-6,8-9,15-17H,3,7,10-13H2,1-2H3. The molecule has 1 aromatic carbocycles. The molecule has 0 saturated heterocycles. The van der Waals surface area contributed by atoms with Crippen LogP contribution < -0.4 is 5.32 Å². The van der Waals surface area contributed by atoms with Gasteiger partial charge in [0.15, 0.2) is 0 Å². The Balaban J connectivity index is 1.86. The van der Waals surface area contributed by atoms with Crippen molar-refractivity contribution in [2.75, 3.05) is 13.6 Å². The molecule has 18 heavy (non-hydrogen) atoms. The Kier molecular flexibility index (Phi) is 5.21. The van der Waals surface area contributed by atoms with Crippen LogP contribution in [0.1, 0.15) is 38.2 Å². The molecule has 0 amide bonds. The lowest BCUT2D eigenvalue weighted by Crippen LogP contribution is -2.42. The lowest BCUT2D eigenvalue weighted by Gasteiger charge is -2.35. The molecule has 1 saturated carbocycles. The molecule has 1 fully saturated rings. The lowest BCUT2D eigenvalue weighted by molar-refractivity contribution is 0.163. The van der Waals surface area contributed by atoms with Crippen molar-refractivity contribution in [3.63, 3.8) is 0 Å². The molecule has 0 aliphatic heterocycles. The summed E-state index contributed by atoms with van der Waals surface area (Å²) in [5.41, 5.74) is 1.42. The van der Waals surface area contributed by atoms with E-state index >= 15 is 0 Å². The maximum Gasteiger partial charge on any atom is 0.0233 e. The zero-order valence-corrected chi connectivity index (χ0v) is 11.7. The van der Waals surface area contributed by atoms with Crippen molar-refractivity contribution in [3.05, 3.63) is 35.9 Å². The highest BCUT2D eigenvalue weighted by atomic mass is 15.1. The third-order valence-corrected chi connectivity index (χ3v) is 4.04. The molecule has 2 atom stereocenters. The highest BCUT2D eigenvalue weighted by Crippen LogP contribution is 2.23. The van der Waals surface area contributed by atoms with Gasteiger partial charge in [0.05, 0.1) is 0 Å². The minimum absolute atomic E-state index is 0.729. The highest BCUT2D eigenvalue weighted by molar-refractivity contribution is 5.14. The third kappa shape index (κ3) is 3.82. The quantitative estimate of drug-likeness (QED) is 0.859. The number of benzene rings is 1. The number of nitrogens with zero attached hydrogens (tertiary/aromatic N) is 1. The van der Waals surface area contributed by atoms with E-state index in [2.05, 4.69) is 54.5 Å². The Labute approximate surface area is 111 Å². The first-order valence-corrected chi connectivity index (χ1v) is 7.27. The van der Waals surface area contributed by atoms with Crippen LogP contribution in [0.3, 0.4) is 0 Å². The summed E-state index contributed by atoms with van der Waals surface area (Å²) < 4.78 is 0. The summed E-state index contributed by atoms with van der Waals surface area (Å²) in [5.74, 6) is 0. The second-order valence-electron chi connectivity index (χ2n) is 5.48. The molecular weight excluding hydrogens is 220 g/mol. The van der Waals surface area contributed by atoms with Crippen LogP contribution in [-0.2, 0) is 6.54 Å². The van der Waals surface area contributed by atoms with Crippen LogP contribution in [0, 0.1) is 0 Å². The zero-order valence-electron chi connectivity index (χ0n) is 11.7. The van der Waals surface area contributed by atoms with Crippen LogP contribution in [-0.4, -0.2) is 30.6 Å². The van der Waals surface area contributed by atoms with Crippen molar-refractivity contribution in [2.24, 2.45) is 0 Å². The molecule has 0 aromatic heterocycles. The van der Waals surface area contributed by atoms with Crippen molar-refractivity contribution in [1.82, 2.24) is 10.2 Å². The average molecular weight is 246 g/mol. The fraction of sp³-hybridized carbons (Fsp3) is 0.625. The fourth-order valence-electron chi connectivity index (χ4n) is 3.04. The van der Waals surface area contributed by atoms with E-state index in [0.717, 1.165) is 25.2 Å². The normalized spacial score (nSPS) is 24.4. The molecule has 1 N–H and O–H groups in total. The van der Waals surface area contributed by atoms with E-state index in [1.807, 2.05) is 0 Å². The molecule has 100 valence electrons. The van der Waals surface area contributed by atoms with Crippen LogP contribution >= 0.6 is 0 Å². The maximum atomic E-state index is 3.61. The van der Waals surface area contributed by atoms with Crippen molar-refractivity contribution < 1.29 is 0 Å². The van der Waals surface area contributed by atoms with Gasteiger partial charge in [-0.3, -0.25) is 4.90 Å². The van der Waals surface area contributed by atoms with Gasteiger partial charge in [-0.15, -0.1) is 0 Å². The molecule has 2 unspecified atom stereocenters. The summed E-state index contributed by atoms with van der Waals surface area (Å²) in [6.07, 6.45) is 5.37. The van der Waals surface area contributed by atoms with Crippen molar-refractivity contribution in [3.8, 4) is 0 Å². The van der Waals surface area contributed by atoms with E-state index in [4.69, 9.17) is 0 Å². The van der Waals surface area contributed by atoms with Crippen LogP contribution in [0.25, 0.3) is 0 Å². The van der Waals surface area contributed by atoms with Gasteiger partial charge in [0.25, 0.3) is 0 Å². The van der Waals surface area contributed by atoms with Gasteiger partial charge in [-0.25, -0.2) is 0 Å². The van der Waals surface area contributed by atoms with Crippen molar-refractivity contribution in [1.29, 1.82) is 0 Å². The summed E-state index contributed by atoms with van der Waals surface area (Å²) in [6.45, 7) is 4.38. The second-order valence-corrected chi connectivity index (χ2v) is 5.48. The zero-order chi connectivity index (χ0) is 12.8. The predicted octanol–water partition coefficient (Wildman–Crippen LogP) is 3.04. The SMILES string of the molecule is CCNC1CCCC(N(C)Cc2ccccc2)C1. The Morgan fingerprint density at radius 3 is 2.72 bits per heavy atom. The van der Waals surface area contributed by atoms with E-state index < -0.39 is 0 Å². The smallest absolute Gasteiger partial charge is 0.0233 e. The summed E-state index contributed by atoms with van der Waals surface area (Å²) in [6, 6.07) is 12.3. The average Bonchev–Trinajstić information content (AvgIpc) is 2.40. The van der Waals surface area contributed by atoms with E-state index in [-0.39, 0.29) is 0 Å². The van der Waals surface area contributed by atoms with Crippen LogP contribution in [0.15, 0.2) is 30.3 Å². The Hall–Kier alpha value is -0.860. The van der Waals surface area contributed by atoms with E-state index in [9.17, 15) is 0 Å². The summed E-state index contributed by atoms with van der Waals surface area (Å²) in [5, 5.41) is 3.61. The number of nitrogens with one attached hydrogen (secondary N) is 1. The molecule has 2 heteroatoms. The molecule has 0 radical (unpaired) electrons. The molecule has 1 aliphatic carbocycles. The van der Waals surface area contributed by atoms with Gasteiger partial charge < -0.3 is 5.32 Å². The summed E-state index contributed by atoms with van der Waals surface area (Å²) >= 11 is 0. The van der Waals surface area contributed by atoms with Crippen molar-refractivity contribution in [2.45, 2.75) is 51.2 Å². The molecule has 0 spiro atoms. The Morgan fingerprint density at radius 2 is 2.00 bits per heavy atom. The van der Waals surface area contributed by atoms with E-state index in [1.54, 1.807) is 0 Å². The molecular formula is C16H26N2. The molecule has 2 rings (SSSR count). The third-order valence-electron chi connectivity index (χ3n) is 4.04.